The maximum Gasteiger partial charge on any atom is 0.235 e. The van der Waals surface area contributed by atoms with Gasteiger partial charge in [0.05, 0.1) is 17.9 Å². The van der Waals surface area contributed by atoms with E-state index < -0.39 is 17.9 Å². The van der Waals surface area contributed by atoms with Gasteiger partial charge >= 0.3 is 0 Å². The SMILES string of the molecule is CN1C(=O)C2C(C1=O)C1c3ccccc3C=CN1C2C(=O)c1ccc(Cl)cc1. The summed E-state index contributed by atoms with van der Waals surface area (Å²) < 4.78 is 0. The van der Waals surface area contributed by atoms with Crippen molar-refractivity contribution in [3.8, 4) is 0 Å². The highest BCUT2D eigenvalue weighted by atomic mass is 35.5. The molecule has 28 heavy (non-hydrogen) atoms. The number of amides is 2. The highest BCUT2D eigenvalue weighted by molar-refractivity contribution is 6.30. The van der Waals surface area contributed by atoms with Gasteiger partial charge in [-0.25, -0.2) is 0 Å². The number of hydrogen-bond acceptors (Lipinski definition) is 4. The van der Waals surface area contributed by atoms with Gasteiger partial charge in [0.25, 0.3) is 0 Å². The van der Waals surface area contributed by atoms with E-state index in [1.54, 1.807) is 24.3 Å². The van der Waals surface area contributed by atoms with Crippen LogP contribution >= 0.6 is 11.6 Å². The summed E-state index contributed by atoms with van der Waals surface area (Å²) >= 11 is 5.96. The molecule has 2 aromatic carbocycles. The minimum absolute atomic E-state index is 0.172. The van der Waals surface area contributed by atoms with Crippen LogP contribution in [0.2, 0.25) is 5.02 Å². The summed E-state index contributed by atoms with van der Waals surface area (Å²) in [5.74, 6) is -1.94. The molecule has 2 saturated heterocycles. The first-order valence-corrected chi connectivity index (χ1v) is 9.52. The first kappa shape index (κ1) is 17.2. The first-order chi connectivity index (χ1) is 13.5. The second kappa shape index (κ2) is 6.04. The van der Waals surface area contributed by atoms with Crippen molar-refractivity contribution in [3.63, 3.8) is 0 Å². The predicted molar refractivity (Wildman–Crippen MR) is 104 cm³/mol. The molecule has 2 aromatic rings. The fraction of sp³-hybridized carbons (Fsp3) is 0.227. The third-order valence-corrected chi connectivity index (χ3v) is 6.33. The molecular formula is C22H17ClN2O3. The second-order valence-corrected chi connectivity index (χ2v) is 7.88. The van der Waals surface area contributed by atoms with E-state index in [0.29, 0.717) is 10.6 Å². The van der Waals surface area contributed by atoms with Crippen LogP contribution in [-0.2, 0) is 9.59 Å². The largest absolute Gasteiger partial charge is 0.358 e. The van der Waals surface area contributed by atoms with Crippen LogP contribution in [0, 0.1) is 11.8 Å². The molecule has 4 unspecified atom stereocenters. The Balaban J connectivity index is 1.65. The van der Waals surface area contributed by atoms with Crippen LogP contribution in [0.3, 0.4) is 0 Å². The number of fused-ring (bicyclic) bond motifs is 5. The highest BCUT2D eigenvalue weighted by Gasteiger charge is 2.63. The van der Waals surface area contributed by atoms with Gasteiger partial charge in [-0.1, -0.05) is 35.9 Å². The van der Waals surface area contributed by atoms with Gasteiger partial charge < -0.3 is 4.90 Å². The van der Waals surface area contributed by atoms with Crippen molar-refractivity contribution in [1.82, 2.24) is 9.80 Å². The number of halogens is 1. The zero-order valence-electron chi connectivity index (χ0n) is 15.1. The zero-order valence-corrected chi connectivity index (χ0v) is 15.8. The van der Waals surface area contributed by atoms with Gasteiger partial charge in [0, 0.05) is 23.8 Å². The molecule has 0 aromatic heterocycles. The van der Waals surface area contributed by atoms with E-state index in [9.17, 15) is 14.4 Å². The van der Waals surface area contributed by atoms with Gasteiger partial charge in [0.1, 0.15) is 6.04 Å². The molecule has 3 heterocycles. The molecule has 0 aliphatic carbocycles. The summed E-state index contributed by atoms with van der Waals surface area (Å²) in [5.41, 5.74) is 2.47. The van der Waals surface area contributed by atoms with E-state index in [0.717, 1.165) is 11.1 Å². The quantitative estimate of drug-likeness (QED) is 0.582. The summed E-state index contributed by atoms with van der Waals surface area (Å²) in [7, 11) is 1.50. The number of imide groups is 1. The number of Topliss-reactive ketones (excluding diaryl/α,β-unsaturated/α-hetero) is 1. The monoisotopic (exact) mass is 392 g/mol. The van der Waals surface area contributed by atoms with Gasteiger partial charge in [0.15, 0.2) is 5.78 Å². The molecule has 5 nitrogen and oxygen atoms in total. The lowest BCUT2D eigenvalue weighted by Crippen LogP contribution is -2.43. The van der Waals surface area contributed by atoms with E-state index in [2.05, 4.69) is 0 Å². The lowest BCUT2D eigenvalue weighted by atomic mass is 9.83. The van der Waals surface area contributed by atoms with Crippen LogP contribution in [0.15, 0.2) is 54.7 Å². The zero-order chi connectivity index (χ0) is 19.6. The smallest absolute Gasteiger partial charge is 0.235 e. The number of rotatable bonds is 2. The Morgan fingerprint density at radius 2 is 1.64 bits per heavy atom. The van der Waals surface area contributed by atoms with E-state index in [1.165, 1.54) is 11.9 Å². The Hall–Kier alpha value is -2.92. The third-order valence-electron chi connectivity index (χ3n) is 6.08. The Morgan fingerprint density at radius 1 is 0.964 bits per heavy atom. The van der Waals surface area contributed by atoms with E-state index >= 15 is 0 Å². The van der Waals surface area contributed by atoms with Crippen molar-refractivity contribution in [1.29, 1.82) is 0 Å². The Kier molecular flexibility index (Phi) is 3.71. The van der Waals surface area contributed by atoms with E-state index in [1.807, 2.05) is 41.4 Å². The summed E-state index contributed by atoms with van der Waals surface area (Å²) in [6.45, 7) is 0. The van der Waals surface area contributed by atoms with Crippen molar-refractivity contribution in [2.75, 3.05) is 7.05 Å². The molecule has 3 aliphatic rings. The summed E-state index contributed by atoms with van der Waals surface area (Å²) in [4.78, 5) is 42.4. The molecule has 0 saturated carbocycles. The normalized spacial score (nSPS) is 27.6. The van der Waals surface area contributed by atoms with Gasteiger partial charge in [-0.15, -0.1) is 0 Å². The van der Waals surface area contributed by atoms with Crippen molar-refractivity contribution in [2.45, 2.75) is 12.1 Å². The van der Waals surface area contributed by atoms with E-state index in [4.69, 9.17) is 11.6 Å². The molecule has 0 spiro atoms. The minimum Gasteiger partial charge on any atom is -0.358 e. The minimum atomic E-state index is -0.720. The van der Waals surface area contributed by atoms with Crippen LogP contribution in [0.25, 0.3) is 6.08 Å². The molecule has 5 rings (SSSR count). The Bertz CT molecular complexity index is 1050. The Morgan fingerprint density at radius 3 is 2.39 bits per heavy atom. The fourth-order valence-electron chi connectivity index (χ4n) is 4.79. The fourth-order valence-corrected chi connectivity index (χ4v) is 4.92. The number of nitrogens with zero attached hydrogens (tertiary/aromatic N) is 2. The topological polar surface area (TPSA) is 57.7 Å². The average Bonchev–Trinajstić information content (AvgIpc) is 3.17. The number of hydrogen-bond donors (Lipinski definition) is 0. The maximum atomic E-state index is 13.4. The Labute approximate surface area is 167 Å². The van der Waals surface area contributed by atoms with Crippen molar-refractivity contribution >= 4 is 35.3 Å². The van der Waals surface area contributed by atoms with Crippen LogP contribution in [0.4, 0.5) is 0 Å². The number of ketones is 1. The number of carbonyl (C=O) groups excluding carboxylic acids is 3. The molecule has 140 valence electrons. The first-order valence-electron chi connectivity index (χ1n) is 9.15. The third kappa shape index (κ3) is 2.23. The van der Waals surface area contributed by atoms with Crippen LogP contribution in [0.5, 0.6) is 0 Å². The predicted octanol–water partition coefficient (Wildman–Crippen LogP) is 3.16. The lowest BCUT2D eigenvalue weighted by Gasteiger charge is -2.35. The van der Waals surface area contributed by atoms with Crippen molar-refractivity contribution < 1.29 is 14.4 Å². The molecule has 0 N–H and O–H groups in total. The maximum absolute atomic E-state index is 13.4. The molecular weight excluding hydrogens is 376 g/mol. The second-order valence-electron chi connectivity index (χ2n) is 7.44. The molecule has 0 bridgehead atoms. The van der Waals surface area contributed by atoms with Gasteiger partial charge in [-0.3, -0.25) is 19.3 Å². The van der Waals surface area contributed by atoms with Crippen molar-refractivity contribution in [3.05, 3.63) is 76.4 Å². The molecule has 4 atom stereocenters. The number of carbonyl (C=O) groups is 3. The molecule has 0 radical (unpaired) electrons. The number of likely N-dealkylation sites (tertiary alicyclic amines) is 1. The summed E-state index contributed by atoms with van der Waals surface area (Å²) in [5, 5.41) is 0.539. The summed E-state index contributed by atoms with van der Waals surface area (Å²) in [6.07, 6.45) is 3.79. The lowest BCUT2D eigenvalue weighted by molar-refractivity contribution is -0.139. The van der Waals surface area contributed by atoms with Gasteiger partial charge in [-0.2, -0.15) is 0 Å². The van der Waals surface area contributed by atoms with Crippen LogP contribution < -0.4 is 0 Å². The van der Waals surface area contributed by atoms with Crippen molar-refractivity contribution in [2.24, 2.45) is 11.8 Å². The van der Waals surface area contributed by atoms with Gasteiger partial charge in [-0.05, 0) is 41.5 Å². The van der Waals surface area contributed by atoms with Crippen LogP contribution in [0.1, 0.15) is 27.5 Å². The highest BCUT2D eigenvalue weighted by Crippen LogP contribution is 2.52. The molecule has 6 heteroatoms. The average molecular weight is 393 g/mol. The molecule has 2 fully saturated rings. The summed E-state index contributed by atoms with van der Waals surface area (Å²) in [6, 6.07) is 13.4. The standard InChI is InChI=1S/C22H17ClN2O3/c1-24-21(27)16-17(22(24)28)19(20(26)13-6-8-14(23)9-7-13)25-11-10-12-4-2-3-5-15(12)18(16)25/h2-11,16-19H,1H3. The number of benzene rings is 2. The molecule has 2 amide bonds. The van der Waals surface area contributed by atoms with Gasteiger partial charge in [0.2, 0.25) is 11.8 Å². The van der Waals surface area contributed by atoms with Crippen LogP contribution in [-0.4, -0.2) is 40.5 Å². The molecule has 3 aliphatic heterocycles. The van der Waals surface area contributed by atoms with E-state index in [-0.39, 0.29) is 23.6 Å².